The van der Waals surface area contributed by atoms with Crippen LogP contribution in [0.2, 0.25) is 0 Å². The van der Waals surface area contributed by atoms with Crippen molar-refractivity contribution in [3.05, 3.63) is 0 Å². The molecule has 0 aromatic carbocycles. The van der Waals surface area contributed by atoms with Crippen LogP contribution >= 0.6 is 24.8 Å². The Kier molecular flexibility index (Phi) is 11.0. The lowest BCUT2D eigenvalue weighted by molar-refractivity contribution is 0.146. The summed E-state index contributed by atoms with van der Waals surface area (Å²) < 4.78 is 5.27. The minimum absolute atomic E-state index is 0. The van der Waals surface area contributed by atoms with Crippen molar-refractivity contribution in [1.82, 2.24) is 5.32 Å². The summed E-state index contributed by atoms with van der Waals surface area (Å²) in [6, 6.07) is 0. The molecule has 3 nitrogen and oxygen atoms in total. The number of hydrogen-bond donors (Lipinski definition) is 2. The van der Waals surface area contributed by atoms with Crippen LogP contribution in [0.5, 0.6) is 0 Å². The second kappa shape index (κ2) is 9.40. The van der Waals surface area contributed by atoms with E-state index in [-0.39, 0.29) is 30.9 Å². The number of ether oxygens (including phenoxy) is 1. The first kappa shape index (κ1) is 17.6. The number of rotatable bonds is 4. The molecule has 92 valence electrons. The van der Waals surface area contributed by atoms with Gasteiger partial charge in [0.2, 0.25) is 0 Å². The maximum Gasteiger partial charge on any atom is 0.0945 e. The monoisotopic (exact) mass is 256 g/mol. The molecule has 0 aromatic heterocycles. The van der Waals surface area contributed by atoms with Crippen LogP contribution in [0.4, 0.5) is 0 Å². The molecule has 0 saturated carbocycles. The fraction of sp³-hybridized carbons (Fsp3) is 0.900. The van der Waals surface area contributed by atoms with E-state index in [1.54, 1.807) is 7.11 Å². The summed E-state index contributed by atoms with van der Waals surface area (Å²) in [4.78, 5) is 0. The molecule has 1 aliphatic heterocycles. The lowest BCUT2D eigenvalue weighted by atomic mass is 9.89. The van der Waals surface area contributed by atoms with Gasteiger partial charge in [0.05, 0.1) is 6.10 Å². The van der Waals surface area contributed by atoms with Crippen molar-refractivity contribution in [3.63, 3.8) is 0 Å². The number of methoxy groups -OCH3 is 1. The Morgan fingerprint density at radius 1 is 1.40 bits per heavy atom. The third-order valence-corrected chi connectivity index (χ3v) is 2.78. The third-order valence-electron chi connectivity index (χ3n) is 2.78. The molecule has 0 radical (unpaired) electrons. The van der Waals surface area contributed by atoms with Crippen LogP contribution in [0.1, 0.15) is 26.2 Å². The van der Waals surface area contributed by atoms with E-state index >= 15 is 0 Å². The van der Waals surface area contributed by atoms with E-state index in [4.69, 9.17) is 10.1 Å². The summed E-state index contributed by atoms with van der Waals surface area (Å²) in [6.07, 6.45) is 3.15. The van der Waals surface area contributed by atoms with Gasteiger partial charge < -0.3 is 15.5 Å². The van der Waals surface area contributed by atoms with E-state index in [0.717, 1.165) is 38.1 Å². The van der Waals surface area contributed by atoms with Crippen molar-refractivity contribution >= 4 is 30.5 Å². The fourth-order valence-electron chi connectivity index (χ4n) is 1.91. The zero-order valence-corrected chi connectivity index (χ0v) is 11.0. The van der Waals surface area contributed by atoms with Crippen molar-refractivity contribution in [2.24, 2.45) is 5.92 Å². The van der Waals surface area contributed by atoms with Crippen molar-refractivity contribution in [1.29, 1.82) is 5.41 Å². The van der Waals surface area contributed by atoms with Crippen LogP contribution in [-0.2, 0) is 4.74 Å². The van der Waals surface area contributed by atoms with Crippen molar-refractivity contribution in [2.45, 2.75) is 32.3 Å². The third kappa shape index (κ3) is 5.16. The molecule has 0 aliphatic carbocycles. The highest BCUT2D eigenvalue weighted by Crippen LogP contribution is 2.17. The Morgan fingerprint density at radius 3 is 2.33 bits per heavy atom. The van der Waals surface area contributed by atoms with Gasteiger partial charge in [-0.1, -0.05) is 6.92 Å². The molecule has 0 bridgehead atoms. The molecule has 1 aliphatic rings. The lowest BCUT2D eigenvalue weighted by Crippen LogP contribution is -2.36. The molecule has 0 unspecified atom stereocenters. The Hall–Kier alpha value is 0.170. The highest BCUT2D eigenvalue weighted by molar-refractivity contribution is 5.88. The van der Waals surface area contributed by atoms with Gasteiger partial charge >= 0.3 is 0 Å². The first-order valence-electron chi connectivity index (χ1n) is 5.11. The molecular formula is C10H22Cl2N2O. The van der Waals surface area contributed by atoms with Crippen LogP contribution in [0, 0.1) is 11.3 Å². The molecule has 5 heteroatoms. The Bertz CT molecular complexity index is 169. The number of halogens is 2. The number of nitrogens with one attached hydrogen (secondary N) is 2. The van der Waals surface area contributed by atoms with E-state index in [2.05, 4.69) is 12.2 Å². The first-order chi connectivity index (χ1) is 6.29. The summed E-state index contributed by atoms with van der Waals surface area (Å²) in [5.41, 5.74) is 0.798. The fourth-order valence-corrected chi connectivity index (χ4v) is 1.91. The van der Waals surface area contributed by atoms with Gasteiger partial charge in [0.25, 0.3) is 0 Å². The van der Waals surface area contributed by atoms with Gasteiger partial charge in [-0.2, -0.15) is 0 Å². The predicted octanol–water partition coefficient (Wildman–Crippen LogP) is 2.27. The van der Waals surface area contributed by atoms with E-state index < -0.39 is 0 Å². The SMILES string of the molecule is CC[C@@H](OC)C(=N)C1CCNCC1.Cl.Cl. The van der Waals surface area contributed by atoms with E-state index in [0.29, 0.717) is 5.92 Å². The lowest BCUT2D eigenvalue weighted by Gasteiger charge is -2.27. The van der Waals surface area contributed by atoms with E-state index in [1.807, 2.05) is 0 Å². The second-order valence-corrected chi connectivity index (χ2v) is 3.61. The summed E-state index contributed by atoms with van der Waals surface area (Å²) in [6.45, 7) is 4.17. The molecule has 0 amide bonds. The minimum Gasteiger partial charge on any atom is -0.376 e. The van der Waals surface area contributed by atoms with Crippen LogP contribution in [0.25, 0.3) is 0 Å². The van der Waals surface area contributed by atoms with Gasteiger partial charge in [0, 0.05) is 18.7 Å². The standard InChI is InChI=1S/C10H20N2O.2ClH/c1-3-9(13-2)10(11)8-4-6-12-7-5-8;;/h8-9,11-12H,3-7H2,1-2H3;2*1H/t9-;;/m1../s1. The Labute approximate surface area is 105 Å². The highest BCUT2D eigenvalue weighted by Gasteiger charge is 2.23. The molecule has 2 N–H and O–H groups in total. The summed E-state index contributed by atoms with van der Waals surface area (Å²) in [5, 5.41) is 11.3. The molecular weight excluding hydrogens is 235 g/mol. The van der Waals surface area contributed by atoms with Crippen LogP contribution in [0.3, 0.4) is 0 Å². The molecule has 1 rings (SSSR count). The molecule has 0 aromatic rings. The largest absolute Gasteiger partial charge is 0.376 e. The summed E-state index contributed by atoms with van der Waals surface area (Å²) in [7, 11) is 1.70. The summed E-state index contributed by atoms with van der Waals surface area (Å²) in [5.74, 6) is 0.450. The van der Waals surface area contributed by atoms with Crippen molar-refractivity contribution < 1.29 is 4.74 Å². The molecule has 0 spiro atoms. The van der Waals surface area contributed by atoms with Gasteiger partial charge in [0.1, 0.15) is 0 Å². The average Bonchev–Trinajstić information content (AvgIpc) is 2.21. The van der Waals surface area contributed by atoms with Crippen LogP contribution < -0.4 is 5.32 Å². The normalized spacial score (nSPS) is 18.5. The Balaban J connectivity index is 0. The number of piperidine rings is 1. The highest BCUT2D eigenvalue weighted by atomic mass is 35.5. The topological polar surface area (TPSA) is 45.1 Å². The zero-order valence-electron chi connectivity index (χ0n) is 9.41. The molecule has 1 heterocycles. The molecule has 15 heavy (non-hydrogen) atoms. The molecule has 1 fully saturated rings. The maximum atomic E-state index is 7.99. The van der Waals surface area contributed by atoms with Crippen molar-refractivity contribution in [3.8, 4) is 0 Å². The van der Waals surface area contributed by atoms with E-state index in [1.165, 1.54) is 0 Å². The summed E-state index contributed by atoms with van der Waals surface area (Å²) >= 11 is 0. The van der Waals surface area contributed by atoms with Gasteiger partial charge in [-0.25, -0.2) is 0 Å². The van der Waals surface area contributed by atoms with Crippen LogP contribution in [-0.4, -0.2) is 32.0 Å². The average molecular weight is 257 g/mol. The second-order valence-electron chi connectivity index (χ2n) is 3.61. The van der Waals surface area contributed by atoms with Crippen LogP contribution in [0.15, 0.2) is 0 Å². The minimum atomic E-state index is 0. The van der Waals surface area contributed by atoms with Gasteiger partial charge in [-0.15, -0.1) is 24.8 Å². The quantitative estimate of drug-likeness (QED) is 0.759. The van der Waals surface area contributed by atoms with Gasteiger partial charge in [-0.05, 0) is 32.4 Å². The van der Waals surface area contributed by atoms with Gasteiger partial charge in [-0.3, -0.25) is 0 Å². The number of hydrogen-bond acceptors (Lipinski definition) is 3. The predicted molar refractivity (Wildman–Crippen MR) is 68.9 cm³/mol. The van der Waals surface area contributed by atoms with Gasteiger partial charge in [0.15, 0.2) is 0 Å². The van der Waals surface area contributed by atoms with Crippen molar-refractivity contribution in [2.75, 3.05) is 20.2 Å². The molecule has 1 saturated heterocycles. The maximum absolute atomic E-state index is 7.99. The Morgan fingerprint density at radius 2 is 1.93 bits per heavy atom. The molecule has 1 atom stereocenters. The van der Waals surface area contributed by atoms with E-state index in [9.17, 15) is 0 Å². The smallest absolute Gasteiger partial charge is 0.0945 e. The zero-order chi connectivity index (χ0) is 9.68. The first-order valence-corrected chi connectivity index (χ1v) is 5.11.